The minimum atomic E-state index is -0.940. The molecule has 0 unspecified atom stereocenters. The van der Waals surface area contributed by atoms with Crippen LogP contribution in [0.25, 0.3) is 0 Å². The minimum absolute atomic E-state index is 0.106. The molecule has 0 heterocycles. The highest BCUT2D eigenvalue weighted by atomic mass is 16.4. The molecule has 1 aromatic carbocycles. The Morgan fingerprint density at radius 3 is 2.39 bits per heavy atom. The van der Waals surface area contributed by atoms with Crippen molar-refractivity contribution in [2.75, 3.05) is 11.4 Å². The predicted molar refractivity (Wildman–Crippen MR) is 69.2 cm³/mol. The lowest BCUT2D eigenvalue weighted by molar-refractivity contribution is -0.136. The lowest BCUT2D eigenvalue weighted by atomic mass is 10.2. The number of carbonyl (C=O) groups excluding carboxylic acids is 1. The molecule has 4 nitrogen and oxygen atoms in total. The average molecular weight is 245 g/mol. The molecule has 94 valence electrons. The van der Waals surface area contributed by atoms with Crippen LogP contribution in [0.15, 0.2) is 24.3 Å². The van der Waals surface area contributed by atoms with Crippen LogP contribution in [0.3, 0.4) is 0 Å². The van der Waals surface area contributed by atoms with E-state index < -0.39 is 5.97 Å². The fourth-order valence-electron chi connectivity index (χ4n) is 1.45. The lowest BCUT2D eigenvalue weighted by Crippen LogP contribution is -2.31. The second kappa shape index (κ2) is 6.45. The van der Waals surface area contributed by atoms with Crippen LogP contribution >= 0.6 is 0 Å². The topological polar surface area (TPSA) is 57.6 Å². The molecule has 0 aliphatic carbocycles. The van der Waals surface area contributed by atoms with Gasteiger partial charge in [0.1, 0.15) is 0 Å². The normalized spacial score (nSPS) is 9.22. The van der Waals surface area contributed by atoms with Crippen molar-refractivity contribution in [2.24, 2.45) is 0 Å². The summed E-state index contributed by atoms with van der Waals surface area (Å²) in [5.74, 6) is 3.63. The van der Waals surface area contributed by atoms with Crippen molar-refractivity contribution in [3.63, 3.8) is 0 Å². The van der Waals surface area contributed by atoms with Crippen LogP contribution in [0.4, 0.5) is 5.69 Å². The highest BCUT2D eigenvalue weighted by molar-refractivity contribution is 6.06. The Morgan fingerprint density at radius 2 is 1.89 bits per heavy atom. The number of carboxylic acids is 1. The maximum absolute atomic E-state index is 11.8. The van der Waals surface area contributed by atoms with Crippen LogP contribution in [0.1, 0.15) is 18.9 Å². The van der Waals surface area contributed by atoms with Gasteiger partial charge in [0.25, 0.3) is 0 Å². The van der Waals surface area contributed by atoms with Crippen LogP contribution in [0.5, 0.6) is 0 Å². The van der Waals surface area contributed by atoms with Gasteiger partial charge >= 0.3 is 11.9 Å². The van der Waals surface area contributed by atoms with Gasteiger partial charge in [-0.25, -0.2) is 0 Å². The quantitative estimate of drug-likeness (QED) is 0.823. The van der Waals surface area contributed by atoms with E-state index in [-0.39, 0.29) is 18.9 Å². The highest BCUT2D eigenvalue weighted by Gasteiger charge is 2.14. The SMILES string of the molecule is CC#CC(=O)N(CCC(=O)O)c1ccc(C)cc1. The smallest absolute Gasteiger partial charge is 0.305 e. The van der Waals surface area contributed by atoms with Crippen LogP contribution in [0.2, 0.25) is 0 Å². The lowest BCUT2D eigenvalue weighted by Gasteiger charge is -2.19. The van der Waals surface area contributed by atoms with Crippen molar-refractivity contribution in [1.29, 1.82) is 0 Å². The monoisotopic (exact) mass is 245 g/mol. The number of anilines is 1. The van der Waals surface area contributed by atoms with E-state index in [9.17, 15) is 9.59 Å². The van der Waals surface area contributed by atoms with Crippen LogP contribution in [-0.4, -0.2) is 23.5 Å². The van der Waals surface area contributed by atoms with Gasteiger partial charge in [-0.05, 0) is 31.9 Å². The summed E-state index contributed by atoms with van der Waals surface area (Å²) in [5.41, 5.74) is 1.74. The number of carbonyl (C=O) groups is 2. The third kappa shape index (κ3) is 3.95. The molecular weight excluding hydrogens is 230 g/mol. The van der Waals surface area contributed by atoms with Gasteiger partial charge in [-0.15, -0.1) is 0 Å². The van der Waals surface area contributed by atoms with Gasteiger partial charge in [-0.2, -0.15) is 0 Å². The zero-order valence-corrected chi connectivity index (χ0v) is 10.4. The van der Waals surface area contributed by atoms with Gasteiger partial charge in [0.05, 0.1) is 6.42 Å². The van der Waals surface area contributed by atoms with Gasteiger partial charge in [0.2, 0.25) is 0 Å². The van der Waals surface area contributed by atoms with Crippen molar-refractivity contribution >= 4 is 17.6 Å². The first kappa shape index (κ1) is 13.8. The molecule has 1 amide bonds. The summed E-state index contributed by atoms with van der Waals surface area (Å²) >= 11 is 0. The molecule has 0 aliphatic rings. The van der Waals surface area contributed by atoms with Crippen molar-refractivity contribution in [3.8, 4) is 11.8 Å². The van der Waals surface area contributed by atoms with Crippen LogP contribution < -0.4 is 4.90 Å². The summed E-state index contributed by atoms with van der Waals surface area (Å²) in [6.45, 7) is 3.63. The third-order valence-electron chi connectivity index (χ3n) is 2.37. The molecule has 0 aromatic heterocycles. The van der Waals surface area contributed by atoms with Gasteiger partial charge < -0.3 is 10.0 Å². The molecular formula is C14H15NO3. The Labute approximate surface area is 106 Å². The molecule has 1 N–H and O–H groups in total. The van der Waals surface area contributed by atoms with Crippen molar-refractivity contribution in [1.82, 2.24) is 0 Å². The molecule has 0 atom stereocenters. The number of amides is 1. The summed E-state index contributed by atoms with van der Waals surface area (Å²) < 4.78 is 0. The average Bonchev–Trinajstić information content (AvgIpc) is 2.31. The number of aryl methyl sites for hydroxylation is 1. The largest absolute Gasteiger partial charge is 0.481 e. The number of benzene rings is 1. The Balaban J connectivity index is 2.94. The van der Waals surface area contributed by atoms with Crippen molar-refractivity contribution < 1.29 is 14.7 Å². The fraction of sp³-hybridized carbons (Fsp3) is 0.286. The van der Waals surface area contributed by atoms with Gasteiger partial charge in [0.15, 0.2) is 0 Å². The number of carboxylic acid groups (broad SMARTS) is 1. The molecule has 18 heavy (non-hydrogen) atoms. The predicted octanol–water partition coefficient (Wildman–Crippen LogP) is 1.83. The zero-order valence-electron chi connectivity index (χ0n) is 10.4. The highest BCUT2D eigenvalue weighted by Crippen LogP contribution is 2.15. The van der Waals surface area contributed by atoms with Crippen LogP contribution in [0, 0.1) is 18.8 Å². The van der Waals surface area contributed by atoms with Gasteiger partial charge in [-0.1, -0.05) is 23.6 Å². The van der Waals surface area contributed by atoms with Crippen LogP contribution in [-0.2, 0) is 9.59 Å². The Bertz CT molecular complexity index is 494. The Morgan fingerprint density at radius 1 is 1.28 bits per heavy atom. The van der Waals surface area contributed by atoms with E-state index in [0.29, 0.717) is 5.69 Å². The summed E-state index contributed by atoms with van der Waals surface area (Å²) in [4.78, 5) is 23.8. The maximum atomic E-state index is 11.8. The molecule has 0 bridgehead atoms. The summed E-state index contributed by atoms with van der Waals surface area (Å²) in [5, 5.41) is 8.69. The third-order valence-corrected chi connectivity index (χ3v) is 2.37. The fourth-order valence-corrected chi connectivity index (χ4v) is 1.45. The van der Waals surface area contributed by atoms with E-state index in [2.05, 4.69) is 11.8 Å². The molecule has 0 saturated carbocycles. The van der Waals surface area contributed by atoms with E-state index >= 15 is 0 Å². The molecule has 0 spiro atoms. The van der Waals surface area contributed by atoms with E-state index in [0.717, 1.165) is 5.56 Å². The maximum Gasteiger partial charge on any atom is 0.305 e. The summed E-state index contributed by atoms with van der Waals surface area (Å²) in [6.07, 6.45) is -0.106. The standard InChI is InChI=1S/C14H15NO3/c1-3-4-13(16)15(10-9-14(17)18)12-7-5-11(2)6-8-12/h5-8H,9-10H2,1-2H3,(H,17,18). The zero-order chi connectivity index (χ0) is 13.5. The van der Waals surface area contributed by atoms with Gasteiger partial charge in [-0.3, -0.25) is 9.59 Å². The second-order valence-electron chi connectivity index (χ2n) is 3.81. The van der Waals surface area contributed by atoms with Crippen molar-refractivity contribution in [2.45, 2.75) is 20.3 Å². The number of rotatable bonds is 4. The Hall–Kier alpha value is -2.28. The molecule has 1 aromatic rings. The Kier molecular flexibility index (Phi) is 4.94. The molecule has 0 radical (unpaired) electrons. The van der Waals surface area contributed by atoms with E-state index in [1.54, 1.807) is 19.1 Å². The second-order valence-corrected chi connectivity index (χ2v) is 3.81. The molecule has 0 fully saturated rings. The van der Waals surface area contributed by atoms with E-state index in [1.807, 2.05) is 19.1 Å². The van der Waals surface area contributed by atoms with E-state index in [4.69, 9.17) is 5.11 Å². The molecule has 4 heteroatoms. The minimum Gasteiger partial charge on any atom is -0.481 e. The number of hydrogen-bond acceptors (Lipinski definition) is 2. The summed E-state index contributed by atoms with van der Waals surface area (Å²) in [7, 11) is 0. The molecule has 0 saturated heterocycles. The van der Waals surface area contributed by atoms with Crippen molar-refractivity contribution in [3.05, 3.63) is 29.8 Å². The number of hydrogen-bond donors (Lipinski definition) is 1. The first-order valence-corrected chi connectivity index (χ1v) is 5.57. The first-order chi connectivity index (χ1) is 8.54. The molecule has 1 rings (SSSR count). The van der Waals surface area contributed by atoms with E-state index in [1.165, 1.54) is 4.90 Å². The first-order valence-electron chi connectivity index (χ1n) is 5.57. The summed E-state index contributed by atoms with van der Waals surface area (Å²) in [6, 6.07) is 7.31. The number of aliphatic carboxylic acids is 1. The number of nitrogens with zero attached hydrogens (tertiary/aromatic N) is 1. The molecule has 0 aliphatic heterocycles. The van der Waals surface area contributed by atoms with Gasteiger partial charge in [0, 0.05) is 12.2 Å².